The first kappa shape index (κ1) is 28.3. The molecule has 2 rings (SSSR count). The number of aryl methyl sites for hydroxylation is 1. The van der Waals surface area contributed by atoms with Crippen LogP contribution in [0.4, 0.5) is 0 Å². The van der Waals surface area contributed by atoms with Crippen LogP contribution in [0.5, 0.6) is 0 Å². The van der Waals surface area contributed by atoms with E-state index in [1.54, 1.807) is 0 Å². The summed E-state index contributed by atoms with van der Waals surface area (Å²) >= 11 is 0. The largest absolute Gasteiger partial charge is 0.392 e. The standard InChI is InChI=1S/C30H52O3/c1-6-8-9-10-11-12-16-26-17-19-27(20-18-26)22-28(31)30(21-13-15-25(3)14-7-2)23-32-29(4,5)33-24-30/h17-20,25,28,31H,6-16,21-24H2,1-5H3. The van der Waals surface area contributed by atoms with Crippen molar-refractivity contribution < 1.29 is 14.6 Å². The van der Waals surface area contributed by atoms with Gasteiger partial charge in [-0.05, 0) is 56.6 Å². The van der Waals surface area contributed by atoms with Gasteiger partial charge < -0.3 is 14.6 Å². The molecule has 190 valence electrons. The predicted octanol–water partition coefficient (Wildman–Crippen LogP) is 7.87. The molecule has 2 atom stereocenters. The van der Waals surface area contributed by atoms with Gasteiger partial charge in [-0.15, -0.1) is 0 Å². The number of aliphatic hydroxyl groups excluding tert-OH is 1. The number of hydrogen-bond donors (Lipinski definition) is 1. The Hall–Kier alpha value is -0.900. The van der Waals surface area contributed by atoms with Crippen molar-refractivity contribution in [1.29, 1.82) is 0 Å². The van der Waals surface area contributed by atoms with Crippen LogP contribution in [0, 0.1) is 11.3 Å². The van der Waals surface area contributed by atoms with Crippen molar-refractivity contribution in [2.45, 2.75) is 130 Å². The summed E-state index contributed by atoms with van der Waals surface area (Å²) < 4.78 is 12.1. The second kappa shape index (κ2) is 14.5. The first-order chi connectivity index (χ1) is 15.8. The lowest BCUT2D eigenvalue weighted by molar-refractivity contribution is -0.300. The fourth-order valence-corrected chi connectivity index (χ4v) is 5.05. The summed E-state index contributed by atoms with van der Waals surface area (Å²) in [6.07, 6.45) is 15.2. The zero-order valence-electron chi connectivity index (χ0n) is 22.3. The van der Waals surface area contributed by atoms with Gasteiger partial charge in [-0.25, -0.2) is 0 Å². The number of hydrogen-bond acceptors (Lipinski definition) is 3. The number of ether oxygens (including phenoxy) is 2. The molecule has 3 nitrogen and oxygen atoms in total. The highest BCUT2D eigenvalue weighted by molar-refractivity contribution is 5.23. The molecule has 1 fully saturated rings. The predicted molar refractivity (Wildman–Crippen MR) is 140 cm³/mol. The van der Waals surface area contributed by atoms with Gasteiger partial charge in [0.25, 0.3) is 0 Å². The van der Waals surface area contributed by atoms with Crippen LogP contribution in [-0.2, 0) is 22.3 Å². The molecule has 0 amide bonds. The molecular formula is C30H52O3. The van der Waals surface area contributed by atoms with E-state index in [-0.39, 0.29) is 5.41 Å². The molecule has 0 spiro atoms. The van der Waals surface area contributed by atoms with Crippen molar-refractivity contribution in [1.82, 2.24) is 0 Å². The number of benzene rings is 1. The third-order valence-electron chi connectivity index (χ3n) is 7.55. The van der Waals surface area contributed by atoms with E-state index in [0.717, 1.165) is 25.2 Å². The van der Waals surface area contributed by atoms with Crippen molar-refractivity contribution in [3.63, 3.8) is 0 Å². The normalized spacial score (nSPS) is 19.3. The molecule has 33 heavy (non-hydrogen) atoms. The van der Waals surface area contributed by atoms with Gasteiger partial charge in [0, 0.05) is 5.41 Å². The fourth-order valence-electron chi connectivity index (χ4n) is 5.05. The van der Waals surface area contributed by atoms with Crippen molar-refractivity contribution in [3.05, 3.63) is 35.4 Å². The van der Waals surface area contributed by atoms with Crippen LogP contribution >= 0.6 is 0 Å². The lowest BCUT2D eigenvalue weighted by atomic mass is 9.75. The Morgan fingerprint density at radius 3 is 2.06 bits per heavy atom. The lowest BCUT2D eigenvalue weighted by Crippen LogP contribution is -2.53. The second-order valence-corrected chi connectivity index (χ2v) is 11.2. The Kier molecular flexibility index (Phi) is 12.4. The summed E-state index contributed by atoms with van der Waals surface area (Å²) in [6, 6.07) is 8.93. The smallest absolute Gasteiger partial charge is 0.162 e. The highest BCUT2D eigenvalue weighted by Crippen LogP contribution is 2.39. The molecule has 0 bridgehead atoms. The fraction of sp³-hybridized carbons (Fsp3) is 0.800. The van der Waals surface area contributed by atoms with Gasteiger partial charge in [-0.1, -0.05) is 103 Å². The maximum absolute atomic E-state index is 11.4. The Labute approximate surface area is 204 Å². The summed E-state index contributed by atoms with van der Waals surface area (Å²) in [4.78, 5) is 0. The number of aliphatic hydroxyl groups is 1. The number of unbranched alkanes of at least 4 members (excludes halogenated alkanes) is 5. The second-order valence-electron chi connectivity index (χ2n) is 11.2. The Morgan fingerprint density at radius 1 is 0.818 bits per heavy atom. The molecule has 0 saturated carbocycles. The minimum Gasteiger partial charge on any atom is -0.392 e. The third kappa shape index (κ3) is 10.1. The van der Waals surface area contributed by atoms with Crippen LogP contribution in [-0.4, -0.2) is 30.2 Å². The molecule has 1 aromatic carbocycles. The molecule has 1 saturated heterocycles. The van der Waals surface area contributed by atoms with E-state index in [1.807, 2.05) is 13.8 Å². The average Bonchev–Trinajstić information content (AvgIpc) is 2.79. The van der Waals surface area contributed by atoms with Crippen LogP contribution in [0.3, 0.4) is 0 Å². The molecule has 0 aromatic heterocycles. The number of rotatable bonds is 16. The molecule has 1 N–H and O–H groups in total. The SMILES string of the molecule is CCCCCCCCc1ccc(CC(O)C2(CCCC(C)CCC)COC(C)(C)OC2)cc1. The molecule has 1 aliphatic rings. The minimum atomic E-state index is -0.559. The summed E-state index contributed by atoms with van der Waals surface area (Å²) in [5, 5.41) is 11.4. The maximum atomic E-state index is 11.4. The summed E-state index contributed by atoms with van der Waals surface area (Å²) in [6.45, 7) is 11.9. The van der Waals surface area contributed by atoms with E-state index in [1.165, 1.54) is 68.9 Å². The quantitative estimate of drug-likeness (QED) is 0.255. The molecule has 1 aromatic rings. The molecule has 2 unspecified atom stereocenters. The van der Waals surface area contributed by atoms with Crippen molar-refractivity contribution in [3.8, 4) is 0 Å². The van der Waals surface area contributed by atoms with E-state index in [9.17, 15) is 5.11 Å². The summed E-state index contributed by atoms with van der Waals surface area (Å²) in [5.41, 5.74) is 2.30. The average molecular weight is 461 g/mol. The van der Waals surface area contributed by atoms with Gasteiger partial charge in [0.05, 0.1) is 19.3 Å². The molecule has 3 heteroatoms. The molecule has 0 radical (unpaired) electrons. The van der Waals surface area contributed by atoms with E-state index < -0.39 is 11.9 Å². The van der Waals surface area contributed by atoms with Gasteiger partial charge in [0.2, 0.25) is 0 Å². The van der Waals surface area contributed by atoms with E-state index in [0.29, 0.717) is 19.6 Å². The maximum Gasteiger partial charge on any atom is 0.162 e. The highest BCUT2D eigenvalue weighted by atomic mass is 16.7. The topological polar surface area (TPSA) is 38.7 Å². The Bertz CT molecular complexity index is 626. The van der Waals surface area contributed by atoms with Gasteiger partial charge in [0.1, 0.15) is 0 Å². The van der Waals surface area contributed by atoms with Crippen LogP contribution in [0.2, 0.25) is 0 Å². The van der Waals surface area contributed by atoms with Gasteiger partial charge in [0.15, 0.2) is 5.79 Å². The zero-order chi connectivity index (χ0) is 24.2. The van der Waals surface area contributed by atoms with Gasteiger partial charge in [-0.3, -0.25) is 0 Å². The summed E-state index contributed by atoms with van der Waals surface area (Å²) in [7, 11) is 0. The van der Waals surface area contributed by atoms with Gasteiger partial charge >= 0.3 is 0 Å². The summed E-state index contributed by atoms with van der Waals surface area (Å²) in [5.74, 6) is 0.182. The van der Waals surface area contributed by atoms with Crippen molar-refractivity contribution in [2.75, 3.05) is 13.2 Å². The van der Waals surface area contributed by atoms with Gasteiger partial charge in [-0.2, -0.15) is 0 Å². The van der Waals surface area contributed by atoms with Crippen molar-refractivity contribution >= 4 is 0 Å². The highest BCUT2D eigenvalue weighted by Gasteiger charge is 2.44. The monoisotopic (exact) mass is 460 g/mol. The van der Waals surface area contributed by atoms with E-state index in [2.05, 4.69) is 45.0 Å². The Morgan fingerprint density at radius 2 is 1.42 bits per heavy atom. The molecule has 0 aliphatic carbocycles. The zero-order valence-corrected chi connectivity index (χ0v) is 22.3. The third-order valence-corrected chi connectivity index (χ3v) is 7.55. The van der Waals surface area contributed by atoms with Crippen LogP contribution in [0.15, 0.2) is 24.3 Å². The minimum absolute atomic E-state index is 0.321. The van der Waals surface area contributed by atoms with Crippen molar-refractivity contribution in [2.24, 2.45) is 11.3 Å². The molecule has 1 aliphatic heterocycles. The van der Waals surface area contributed by atoms with Crippen LogP contribution < -0.4 is 0 Å². The first-order valence-electron chi connectivity index (χ1n) is 13.8. The molecule has 1 heterocycles. The first-order valence-corrected chi connectivity index (χ1v) is 13.8. The lowest BCUT2D eigenvalue weighted by Gasteiger charge is -2.46. The van der Waals surface area contributed by atoms with Crippen LogP contribution in [0.1, 0.15) is 116 Å². The van der Waals surface area contributed by atoms with E-state index in [4.69, 9.17) is 9.47 Å². The van der Waals surface area contributed by atoms with E-state index >= 15 is 0 Å². The molecular weight excluding hydrogens is 408 g/mol. The van der Waals surface area contributed by atoms with Crippen LogP contribution in [0.25, 0.3) is 0 Å². The Balaban J connectivity index is 1.90.